The van der Waals surface area contributed by atoms with Gasteiger partial charge in [-0.15, -0.1) is 0 Å². The van der Waals surface area contributed by atoms with E-state index in [2.05, 4.69) is 26.1 Å². The zero-order valence-electron chi connectivity index (χ0n) is 13.8. The fourth-order valence-corrected chi connectivity index (χ4v) is 2.51. The summed E-state index contributed by atoms with van der Waals surface area (Å²) in [6, 6.07) is -0.183. The van der Waals surface area contributed by atoms with Gasteiger partial charge in [0.15, 0.2) is 5.78 Å². The Morgan fingerprint density at radius 1 is 1.15 bits per heavy atom. The van der Waals surface area contributed by atoms with Crippen LogP contribution in [0.1, 0.15) is 48.5 Å². The molecule has 0 fully saturated rings. The highest BCUT2D eigenvalue weighted by Gasteiger charge is 2.31. The SMILES string of the molecule is CC(=O)OCCSC[C@H](NC(C)(C)C)C(=O)C(C)(C)C. The van der Waals surface area contributed by atoms with Crippen molar-refractivity contribution in [3.05, 3.63) is 0 Å². The number of nitrogens with one attached hydrogen (secondary N) is 1. The normalized spacial score (nSPS) is 13.9. The maximum atomic E-state index is 12.5. The predicted molar refractivity (Wildman–Crippen MR) is 85.1 cm³/mol. The monoisotopic (exact) mass is 303 g/mol. The summed E-state index contributed by atoms with van der Waals surface area (Å²) in [7, 11) is 0. The Bertz CT molecular complexity index is 329. The van der Waals surface area contributed by atoms with Crippen molar-refractivity contribution < 1.29 is 14.3 Å². The molecular weight excluding hydrogens is 274 g/mol. The van der Waals surface area contributed by atoms with Gasteiger partial charge in [0, 0.05) is 29.4 Å². The van der Waals surface area contributed by atoms with E-state index in [-0.39, 0.29) is 28.7 Å². The van der Waals surface area contributed by atoms with Gasteiger partial charge in [0.2, 0.25) is 0 Å². The molecule has 20 heavy (non-hydrogen) atoms. The van der Waals surface area contributed by atoms with Crippen LogP contribution in [0.3, 0.4) is 0 Å². The topological polar surface area (TPSA) is 55.4 Å². The summed E-state index contributed by atoms with van der Waals surface area (Å²) in [6.45, 7) is 13.8. The molecule has 0 aliphatic rings. The fraction of sp³-hybridized carbons (Fsp3) is 0.867. The summed E-state index contributed by atoms with van der Waals surface area (Å²) in [4.78, 5) is 23.1. The van der Waals surface area contributed by atoms with Crippen LogP contribution in [0.5, 0.6) is 0 Å². The molecule has 1 atom stereocenters. The van der Waals surface area contributed by atoms with Crippen LogP contribution in [-0.2, 0) is 14.3 Å². The molecule has 5 heteroatoms. The van der Waals surface area contributed by atoms with Gasteiger partial charge in [0.25, 0.3) is 0 Å². The Morgan fingerprint density at radius 3 is 2.10 bits per heavy atom. The molecule has 0 amide bonds. The van der Waals surface area contributed by atoms with Gasteiger partial charge >= 0.3 is 5.97 Å². The highest BCUT2D eigenvalue weighted by molar-refractivity contribution is 7.99. The number of hydrogen-bond acceptors (Lipinski definition) is 5. The van der Waals surface area contributed by atoms with Gasteiger partial charge in [-0.3, -0.25) is 9.59 Å². The molecule has 118 valence electrons. The lowest BCUT2D eigenvalue weighted by atomic mass is 9.86. The molecule has 0 aliphatic carbocycles. The van der Waals surface area contributed by atoms with Crippen molar-refractivity contribution in [1.29, 1.82) is 0 Å². The number of thioether (sulfide) groups is 1. The fourth-order valence-electron chi connectivity index (χ4n) is 1.67. The van der Waals surface area contributed by atoms with Crippen molar-refractivity contribution in [1.82, 2.24) is 5.32 Å². The number of rotatable bonds is 7. The van der Waals surface area contributed by atoms with Crippen LogP contribution in [0.4, 0.5) is 0 Å². The first-order valence-electron chi connectivity index (χ1n) is 6.96. The molecule has 0 unspecified atom stereocenters. The number of carbonyl (C=O) groups is 2. The van der Waals surface area contributed by atoms with Gasteiger partial charge in [0.1, 0.15) is 6.61 Å². The summed E-state index contributed by atoms with van der Waals surface area (Å²) >= 11 is 1.63. The Balaban J connectivity index is 4.41. The lowest BCUT2D eigenvalue weighted by molar-refractivity contribution is -0.140. The molecule has 0 saturated carbocycles. The Morgan fingerprint density at radius 2 is 1.70 bits per heavy atom. The van der Waals surface area contributed by atoms with Gasteiger partial charge in [0.05, 0.1) is 6.04 Å². The molecule has 0 bridgehead atoms. The Hall–Kier alpha value is -0.550. The van der Waals surface area contributed by atoms with E-state index in [1.165, 1.54) is 6.92 Å². The van der Waals surface area contributed by atoms with E-state index >= 15 is 0 Å². The van der Waals surface area contributed by atoms with Crippen molar-refractivity contribution >= 4 is 23.5 Å². The third kappa shape index (κ3) is 9.37. The second-order valence-corrected chi connectivity index (χ2v) is 8.13. The van der Waals surface area contributed by atoms with Gasteiger partial charge in [-0.05, 0) is 20.8 Å². The summed E-state index contributed by atoms with van der Waals surface area (Å²) in [5.41, 5.74) is -0.471. The van der Waals surface area contributed by atoms with Crippen LogP contribution >= 0.6 is 11.8 Å². The first-order chi connectivity index (χ1) is 8.93. The smallest absolute Gasteiger partial charge is 0.302 e. The maximum absolute atomic E-state index is 12.5. The van der Waals surface area contributed by atoms with E-state index in [1.807, 2.05) is 20.8 Å². The number of hydrogen-bond donors (Lipinski definition) is 1. The summed E-state index contributed by atoms with van der Waals surface area (Å²) in [5.74, 6) is 1.35. The lowest BCUT2D eigenvalue weighted by Crippen LogP contribution is -2.52. The molecule has 1 N–H and O–H groups in total. The highest BCUT2D eigenvalue weighted by Crippen LogP contribution is 2.20. The molecule has 0 rings (SSSR count). The molecule has 4 nitrogen and oxygen atoms in total. The van der Waals surface area contributed by atoms with Gasteiger partial charge in [-0.1, -0.05) is 20.8 Å². The number of Topliss-reactive ketones (excluding diaryl/α,β-unsaturated/α-hetero) is 1. The van der Waals surface area contributed by atoms with Gasteiger partial charge in [-0.25, -0.2) is 0 Å². The van der Waals surface area contributed by atoms with Crippen LogP contribution in [0.2, 0.25) is 0 Å². The van der Waals surface area contributed by atoms with Crippen molar-refractivity contribution in [2.75, 3.05) is 18.1 Å². The number of esters is 1. The molecule has 0 radical (unpaired) electrons. The maximum Gasteiger partial charge on any atom is 0.302 e. The Kier molecular flexibility index (Phi) is 7.81. The van der Waals surface area contributed by atoms with Crippen LogP contribution in [0, 0.1) is 5.41 Å². The molecule has 0 saturated heterocycles. The number of ketones is 1. The molecule has 0 aromatic heterocycles. The zero-order valence-corrected chi connectivity index (χ0v) is 14.6. The van der Waals surface area contributed by atoms with Crippen LogP contribution in [0.15, 0.2) is 0 Å². The standard InChI is InChI=1S/C15H29NO3S/c1-11(17)19-8-9-20-10-12(16-15(5,6)7)13(18)14(2,3)4/h12,16H,8-10H2,1-7H3/t12-/m0/s1. The van der Waals surface area contributed by atoms with Gasteiger partial charge in [-0.2, -0.15) is 11.8 Å². The molecule has 0 spiro atoms. The highest BCUT2D eigenvalue weighted by atomic mass is 32.2. The average Bonchev–Trinajstić information content (AvgIpc) is 2.22. The first-order valence-corrected chi connectivity index (χ1v) is 8.12. The summed E-state index contributed by atoms with van der Waals surface area (Å²) < 4.78 is 4.89. The summed E-state index contributed by atoms with van der Waals surface area (Å²) in [6.07, 6.45) is 0. The minimum Gasteiger partial charge on any atom is -0.465 e. The van der Waals surface area contributed by atoms with Gasteiger partial charge < -0.3 is 10.1 Å². The van der Waals surface area contributed by atoms with Crippen LogP contribution in [0.25, 0.3) is 0 Å². The number of ether oxygens (including phenoxy) is 1. The van der Waals surface area contributed by atoms with E-state index in [9.17, 15) is 9.59 Å². The van der Waals surface area contributed by atoms with Crippen molar-refractivity contribution in [2.45, 2.75) is 60.0 Å². The lowest BCUT2D eigenvalue weighted by Gasteiger charge is -2.31. The van der Waals surface area contributed by atoms with Crippen LogP contribution in [-0.4, -0.2) is 41.4 Å². The van der Waals surface area contributed by atoms with Crippen molar-refractivity contribution in [3.8, 4) is 0 Å². The quantitative estimate of drug-likeness (QED) is 0.579. The Labute approximate surface area is 127 Å². The third-order valence-electron chi connectivity index (χ3n) is 2.48. The molecular formula is C15H29NO3S. The van der Waals surface area contributed by atoms with E-state index < -0.39 is 0 Å². The summed E-state index contributed by atoms with van der Waals surface area (Å²) in [5, 5.41) is 3.38. The minimum atomic E-state index is -0.362. The van der Waals surface area contributed by atoms with E-state index in [4.69, 9.17) is 4.74 Å². The largest absolute Gasteiger partial charge is 0.465 e. The average molecular weight is 303 g/mol. The van der Waals surface area contributed by atoms with Crippen LogP contribution < -0.4 is 5.32 Å². The van der Waals surface area contributed by atoms with E-state index in [1.54, 1.807) is 11.8 Å². The molecule has 0 heterocycles. The second kappa shape index (κ2) is 8.03. The zero-order chi connectivity index (χ0) is 16.0. The molecule has 0 aromatic rings. The van der Waals surface area contributed by atoms with Crippen molar-refractivity contribution in [2.24, 2.45) is 5.41 Å². The molecule has 0 aromatic carbocycles. The third-order valence-corrected chi connectivity index (χ3v) is 3.50. The minimum absolute atomic E-state index is 0.109. The van der Waals surface area contributed by atoms with E-state index in [0.29, 0.717) is 18.1 Å². The second-order valence-electron chi connectivity index (χ2n) is 6.98. The van der Waals surface area contributed by atoms with Crippen molar-refractivity contribution in [3.63, 3.8) is 0 Å². The predicted octanol–water partition coefficient (Wildman–Crippen LogP) is 2.65. The molecule has 0 aliphatic heterocycles. The van der Waals surface area contributed by atoms with E-state index in [0.717, 1.165) is 0 Å². The first kappa shape index (κ1) is 19.4. The number of carbonyl (C=O) groups excluding carboxylic acids is 2.